The Hall–Kier alpha value is -1.20. The highest BCUT2D eigenvalue weighted by molar-refractivity contribution is 7.15. The van der Waals surface area contributed by atoms with Crippen LogP contribution in [0.4, 0.5) is 0 Å². The zero-order chi connectivity index (χ0) is 13.9. The lowest BCUT2D eigenvalue weighted by molar-refractivity contribution is 0.454. The summed E-state index contributed by atoms with van der Waals surface area (Å²) < 4.78 is 2.17. The molecule has 0 aliphatic heterocycles. The van der Waals surface area contributed by atoms with E-state index in [0.717, 1.165) is 23.8 Å². The Morgan fingerprint density at radius 2 is 2.35 bits per heavy atom. The summed E-state index contributed by atoms with van der Waals surface area (Å²) in [5, 5.41) is 4.76. The maximum atomic E-state index is 4.93. The van der Waals surface area contributed by atoms with Crippen LogP contribution in [0, 0.1) is 0 Å². The van der Waals surface area contributed by atoms with Gasteiger partial charge in [0.25, 0.3) is 0 Å². The molecule has 2 aromatic rings. The molecular formula is C15H22N4S. The minimum Gasteiger partial charge on any atom is -0.329 e. The van der Waals surface area contributed by atoms with Crippen molar-refractivity contribution in [2.45, 2.75) is 52.1 Å². The zero-order valence-corrected chi connectivity index (χ0v) is 13.0. The van der Waals surface area contributed by atoms with Crippen molar-refractivity contribution in [3.05, 3.63) is 23.1 Å². The minimum atomic E-state index is 0.446. The van der Waals surface area contributed by atoms with Crippen LogP contribution >= 0.6 is 11.3 Å². The van der Waals surface area contributed by atoms with E-state index in [-0.39, 0.29) is 0 Å². The predicted octanol–water partition coefficient (Wildman–Crippen LogP) is 3.40. The molecule has 0 spiro atoms. The number of imidazole rings is 1. The van der Waals surface area contributed by atoms with Crippen molar-refractivity contribution < 1.29 is 0 Å². The molecule has 1 atom stereocenters. The van der Waals surface area contributed by atoms with Crippen LogP contribution in [0.3, 0.4) is 0 Å². The quantitative estimate of drug-likeness (QED) is 0.917. The molecule has 4 nitrogen and oxygen atoms in total. The summed E-state index contributed by atoms with van der Waals surface area (Å²) in [5.41, 5.74) is 2.44. The van der Waals surface area contributed by atoms with Crippen molar-refractivity contribution in [2.75, 3.05) is 6.54 Å². The monoisotopic (exact) mass is 290 g/mol. The van der Waals surface area contributed by atoms with E-state index in [9.17, 15) is 0 Å². The van der Waals surface area contributed by atoms with Crippen molar-refractivity contribution in [2.24, 2.45) is 0 Å². The molecule has 1 aliphatic rings. The number of thiazole rings is 1. The third-order valence-corrected chi connectivity index (χ3v) is 5.02. The number of aryl methyl sites for hydroxylation is 2. The normalized spacial score (nSPS) is 18.2. The first-order chi connectivity index (χ1) is 9.83. The van der Waals surface area contributed by atoms with Crippen LogP contribution < -0.4 is 5.32 Å². The van der Waals surface area contributed by atoms with Gasteiger partial charge < -0.3 is 9.88 Å². The Balaban J connectivity index is 1.91. The van der Waals surface area contributed by atoms with Gasteiger partial charge in [-0.15, -0.1) is 11.3 Å². The van der Waals surface area contributed by atoms with Crippen LogP contribution in [0.1, 0.15) is 49.7 Å². The summed E-state index contributed by atoms with van der Waals surface area (Å²) in [5.74, 6) is 0. The molecule has 3 rings (SSSR count). The zero-order valence-electron chi connectivity index (χ0n) is 12.2. The molecule has 108 valence electrons. The lowest BCUT2D eigenvalue weighted by Gasteiger charge is -2.22. The summed E-state index contributed by atoms with van der Waals surface area (Å²) in [7, 11) is 0. The van der Waals surface area contributed by atoms with Gasteiger partial charge in [-0.2, -0.15) is 0 Å². The first-order valence-corrected chi connectivity index (χ1v) is 8.38. The molecule has 1 unspecified atom stereocenters. The highest BCUT2D eigenvalue weighted by Crippen LogP contribution is 2.37. The fourth-order valence-corrected chi connectivity index (χ4v) is 3.99. The third kappa shape index (κ3) is 2.52. The number of aromatic nitrogens is 3. The van der Waals surface area contributed by atoms with E-state index in [0.29, 0.717) is 6.04 Å². The molecule has 2 aromatic heterocycles. The average Bonchev–Trinajstić information content (AvgIpc) is 3.10. The second kappa shape index (κ2) is 6.06. The largest absolute Gasteiger partial charge is 0.329 e. The molecule has 0 radical (unpaired) electrons. The Bertz CT molecular complexity index is 572. The summed E-state index contributed by atoms with van der Waals surface area (Å²) in [6.45, 7) is 6.37. The molecule has 0 aromatic carbocycles. The summed E-state index contributed by atoms with van der Waals surface area (Å²) in [6, 6.07) is 0.446. The molecule has 0 fully saturated rings. The molecule has 20 heavy (non-hydrogen) atoms. The van der Waals surface area contributed by atoms with E-state index in [1.807, 2.05) is 23.9 Å². The van der Waals surface area contributed by atoms with Gasteiger partial charge in [-0.3, -0.25) is 0 Å². The Morgan fingerprint density at radius 3 is 3.15 bits per heavy atom. The highest BCUT2D eigenvalue weighted by atomic mass is 32.1. The number of hydrogen-bond donors (Lipinski definition) is 1. The van der Waals surface area contributed by atoms with Crippen molar-refractivity contribution in [1.29, 1.82) is 0 Å². The number of nitrogens with zero attached hydrogens (tertiary/aromatic N) is 3. The lowest BCUT2D eigenvalue weighted by Crippen LogP contribution is -2.25. The van der Waals surface area contributed by atoms with E-state index in [4.69, 9.17) is 4.98 Å². The molecule has 2 heterocycles. The van der Waals surface area contributed by atoms with Gasteiger partial charge in [0.05, 0.1) is 30.0 Å². The van der Waals surface area contributed by atoms with Crippen LogP contribution in [-0.4, -0.2) is 21.1 Å². The highest BCUT2D eigenvalue weighted by Gasteiger charge is 2.25. The van der Waals surface area contributed by atoms with E-state index in [1.54, 1.807) is 0 Å². The van der Waals surface area contributed by atoms with Gasteiger partial charge in [-0.25, -0.2) is 9.97 Å². The SMILES string of the molecule is CCCNC1CCCc2sc(-c3cncn3CC)nc21. The average molecular weight is 290 g/mol. The first-order valence-electron chi connectivity index (χ1n) is 7.57. The van der Waals surface area contributed by atoms with Crippen LogP contribution in [0.15, 0.2) is 12.5 Å². The maximum Gasteiger partial charge on any atom is 0.142 e. The fourth-order valence-electron chi connectivity index (χ4n) is 2.80. The Labute approximate surface area is 124 Å². The molecule has 0 amide bonds. The molecule has 1 aliphatic carbocycles. The first kappa shape index (κ1) is 13.8. The lowest BCUT2D eigenvalue weighted by atomic mass is 9.97. The van der Waals surface area contributed by atoms with Gasteiger partial charge in [-0.1, -0.05) is 6.92 Å². The van der Waals surface area contributed by atoms with Crippen LogP contribution in [0.5, 0.6) is 0 Å². The third-order valence-electron chi connectivity index (χ3n) is 3.87. The van der Waals surface area contributed by atoms with Gasteiger partial charge in [0.15, 0.2) is 0 Å². The number of fused-ring (bicyclic) bond motifs is 1. The number of rotatable bonds is 5. The summed E-state index contributed by atoms with van der Waals surface area (Å²) >= 11 is 1.85. The molecule has 0 saturated carbocycles. The van der Waals surface area contributed by atoms with E-state index < -0.39 is 0 Å². The molecule has 1 N–H and O–H groups in total. The van der Waals surface area contributed by atoms with Crippen molar-refractivity contribution in [1.82, 2.24) is 19.9 Å². The fraction of sp³-hybridized carbons (Fsp3) is 0.600. The summed E-state index contributed by atoms with van der Waals surface area (Å²) in [4.78, 5) is 10.7. The molecular weight excluding hydrogens is 268 g/mol. The minimum absolute atomic E-state index is 0.446. The van der Waals surface area contributed by atoms with Gasteiger partial charge in [-0.05, 0) is 39.2 Å². The van der Waals surface area contributed by atoms with Crippen LogP contribution in [-0.2, 0) is 13.0 Å². The van der Waals surface area contributed by atoms with Crippen LogP contribution in [0.2, 0.25) is 0 Å². The van der Waals surface area contributed by atoms with Crippen molar-refractivity contribution in [3.63, 3.8) is 0 Å². The van der Waals surface area contributed by atoms with E-state index in [2.05, 4.69) is 28.7 Å². The Morgan fingerprint density at radius 1 is 1.45 bits per heavy atom. The van der Waals surface area contributed by atoms with Gasteiger partial charge >= 0.3 is 0 Å². The van der Waals surface area contributed by atoms with Crippen molar-refractivity contribution in [3.8, 4) is 10.7 Å². The maximum absolute atomic E-state index is 4.93. The summed E-state index contributed by atoms with van der Waals surface area (Å²) in [6.07, 6.45) is 8.65. The molecule has 0 bridgehead atoms. The predicted molar refractivity (Wildman–Crippen MR) is 83.0 cm³/mol. The van der Waals surface area contributed by atoms with E-state index >= 15 is 0 Å². The second-order valence-corrected chi connectivity index (χ2v) is 6.37. The molecule has 5 heteroatoms. The van der Waals surface area contributed by atoms with E-state index in [1.165, 1.54) is 36.3 Å². The smallest absolute Gasteiger partial charge is 0.142 e. The van der Waals surface area contributed by atoms with Gasteiger partial charge in [0.1, 0.15) is 5.01 Å². The van der Waals surface area contributed by atoms with Crippen LogP contribution in [0.25, 0.3) is 10.7 Å². The Kier molecular flexibility index (Phi) is 4.17. The van der Waals surface area contributed by atoms with Crippen molar-refractivity contribution >= 4 is 11.3 Å². The standard InChI is InChI=1S/C15H22N4S/c1-3-8-17-11-6-5-7-13-14(11)18-15(20-13)12-9-16-10-19(12)4-2/h9-11,17H,3-8H2,1-2H3. The van der Waals surface area contributed by atoms with Gasteiger partial charge in [0, 0.05) is 11.4 Å². The second-order valence-electron chi connectivity index (χ2n) is 5.29. The van der Waals surface area contributed by atoms with Gasteiger partial charge in [0.2, 0.25) is 0 Å². The number of hydrogen-bond acceptors (Lipinski definition) is 4. The molecule has 0 saturated heterocycles. The topological polar surface area (TPSA) is 42.7 Å². The number of nitrogens with one attached hydrogen (secondary N) is 1.